The number of thioether (sulfide) groups is 2. The van der Waals surface area contributed by atoms with Gasteiger partial charge in [-0.25, -0.2) is 0 Å². The van der Waals surface area contributed by atoms with E-state index >= 15 is 0 Å². The van der Waals surface area contributed by atoms with E-state index in [1.165, 1.54) is 4.90 Å². The van der Waals surface area contributed by atoms with Gasteiger partial charge in [-0.1, -0.05) is 37.3 Å². The first-order chi connectivity index (χ1) is 13.4. The molecule has 1 unspecified atom stereocenters. The first-order valence-corrected chi connectivity index (χ1v) is 12.2. The number of hydrogen-bond acceptors (Lipinski definition) is 4. The van der Waals surface area contributed by atoms with Crippen LogP contribution in [0.4, 0.5) is 0 Å². The Morgan fingerprint density at radius 1 is 1.32 bits per heavy atom. The summed E-state index contributed by atoms with van der Waals surface area (Å²) in [7, 11) is 0. The zero-order valence-corrected chi connectivity index (χ0v) is 20.5. The topological polar surface area (TPSA) is 32.7 Å². The maximum Gasteiger partial charge on any atom is 0.266 e. The third-order valence-electron chi connectivity index (χ3n) is 3.80. The molecule has 0 fully saturated rings. The van der Waals surface area contributed by atoms with Crippen molar-refractivity contribution in [1.29, 1.82) is 0 Å². The number of hydrogen-bond donors (Lipinski definition) is 0. The summed E-state index contributed by atoms with van der Waals surface area (Å²) < 4.78 is 0.567. The lowest BCUT2D eigenvalue weighted by Gasteiger charge is -2.30. The van der Waals surface area contributed by atoms with E-state index in [9.17, 15) is 4.79 Å². The number of nitrogens with zero attached hydrogens (tertiary/aromatic N) is 2. The number of amidine groups is 1. The quantitative estimate of drug-likeness (QED) is 0.336. The third kappa shape index (κ3) is 6.98. The molecule has 0 radical (unpaired) electrons. The van der Waals surface area contributed by atoms with Crippen LogP contribution in [0.3, 0.4) is 0 Å². The smallest absolute Gasteiger partial charge is 0.266 e. The van der Waals surface area contributed by atoms with Gasteiger partial charge in [0.05, 0.1) is 16.4 Å². The Labute approximate surface area is 186 Å². The van der Waals surface area contributed by atoms with Crippen molar-refractivity contribution in [2.24, 2.45) is 4.99 Å². The summed E-state index contributed by atoms with van der Waals surface area (Å²) in [5, 5.41) is 0.0887. The van der Waals surface area contributed by atoms with E-state index in [-0.39, 0.29) is 11.3 Å². The number of amides is 1. The van der Waals surface area contributed by atoms with Gasteiger partial charge in [0.1, 0.15) is 5.84 Å². The molecular weight excluding hydrogens is 452 g/mol. The lowest BCUT2D eigenvalue weighted by molar-refractivity contribution is -0.123. The Morgan fingerprint density at radius 2 is 1.96 bits per heavy atom. The van der Waals surface area contributed by atoms with Crippen LogP contribution >= 0.6 is 39.5 Å². The largest absolute Gasteiger partial charge is 0.287 e. The van der Waals surface area contributed by atoms with E-state index in [2.05, 4.69) is 41.6 Å². The van der Waals surface area contributed by atoms with E-state index in [1.54, 1.807) is 34.5 Å². The van der Waals surface area contributed by atoms with E-state index in [4.69, 9.17) is 4.99 Å². The fraction of sp³-hybridized carbons (Fsp3) is 0.364. The molecule has 1 aromatic carbocycles. The molecule has 0 aliphatic carbocycles. The van der Waals surface area contributed by atoms with Gasteiger partial charge in [0.2, 0.25) is 0 Å². The second-order valence-corrected chi connectivity index (χ2v) is 9.18. The van der Waals surface area contributed by atoms with Crippen molar-refractivity contribution < 1.29 is 4.79 Å². The molecule has 1 heterocycles. The molecule has 1 aliphatic rings. The molecule has 0 spiro atoms. The second kappa shape index (κ2) is 13.1. The Hall–Kier alpha value is -1.24. The number of allylic oxidation sites excluding steroid dienone is 2. The van der Waals surface area contributed by atoms with E-state index in [0.29, 0.717) is 11.0 Å². The highest BCUT2D eigenvalue weighted by atomic mass is 79.9. The van der Waals surface area contributed by atoms with Crippen LogP contribution in [0.1, 0.15) is 33.3 Å². The number of carbonyl (C=O) groups is 1. The van der Waals surface area contributed by atoms with Gasteiger partial charge < -0.3 is 0 Å². The summed E-state index contributed by atoms with van der Waals surface area (Å²) in [6, 6.07) is 8.26. The molecule has 152 valence electrons. The number of benzene rings is 1. The van der Waals surface area contributed by atoms with Crippen molar-refractivity contribution >= 4 is 51.2 Å². The predicted molar refractivity (Wildman–Crippen MR) is 130 cm³/mol. The molecule has 3 nitrogen and oxygen atoms in total. The van der Waals surface area contributed by atoms with Crippen molar-refractivity contribution in [1.82, 2.24) is 4.90 Å². The highest BCUT2D eigenvalue weighted by Gasteiger charge is 2.29. The number of rotatable bonds is 6. The van der Waals surface area contributed by atoms with Gasteiger partial charge in [-0.15, -0.1) is 30.1 Å². The summed E-state index contributed by atoms with van der Waals surface area (Å²) in [6.07, 6.45) is 7.63. The Kier molecular flexibility index (Phi) is 11.6. The van der Waals surface area contributed by atoms with Crippen LogP contribution in [-0.4, -0.2) is 34.0 Å². The first-order valence-electron chi connectivity index (χ1n) is 9.17. The fourth-order valence-corrected chi connectivity index (χ4v) is 3.94. The van der Waals surface area contributed by atoms with Crippen LogP contribution in [0, 0.1) is 0 Å². The number of aliphatic imine (C=N–C) groups is 1. The molecule has 2 rings (SSSR count). The predicted octanol–water partition coefficient (Wildman–Crippen LogP) is 6.67. The lowest BCUT2D eigenvalue weighted by Crippen LogP contribution is -2.40. The van der Waals surface area contributed by atoms with Crippen LogP contribution in [0.5, 0.6) is 0 Å². The van der Waals surface area contributed by atoms with Crippen molar-refractivity contribution in [2.75, 3.05) is 12.0 Å². The fourth-order valence-electron chi connectivity index (χ4n) is 2.47. The minimum absolute atomic E-state index is 0.0473. The molecule has 28 heavy (non-hydrogen) atoms. The zero-order chi connectivity index (χ0) is 21.1. The van der Waals surface area contributed by atoms with Gasteiger partial charge in [0.25, 0.3) is 5.91 Å². The number of halogens is 1. The maximum atomic E-state index is 12.8. The van der Waals surface area contributed by atoms with Gasteiger partial charge in [-0.05, 0) is 66.4 Å². The summed E-state index contributed by atoms with van der Waals surface area (Å²) in [4.78, 5) is 20.6. The summed E-state index contributed by atoms with van der Waals surface area (Å²) in [5.41, 5.74) is 2.11. The second-order valence-electron chi connectivity index (χ2n) is 5.86. The minimum Gasteiger partial charge on any atom is -0.287 e. The van der Waals surface area contributed by atoms with Gasteiger partial charge >= 0.3 is 0 Å². The normalized spacial score (nSPS) is 17.9. The van der Waals surface area contributed by atoms with Gasteiger partial charge in [-0.2, -0.15) is 0 Å². The molecule has 1 amide bonds. The van der Waals surface area contributed by atoms with Gasteiger partial charge in [0.15, 0.2) is 0 Å². The zero-order valence-electron chi connectivity index (χ0n) is 17.2. The Balaban J connectivity index is 0.00000122. The number of carbonyl (C=O) groups excluding carboxylic acids is 1. The Bertz CT molecular complexity index is 772. The molecule has 0 saturated heterocycles. The molecule has 1 aliphatic heterocycles. The molecule has 0 aromatic heterocycles. The summed E-state index contributed by atoms with van der Waals surface area (Å²) >= 11 is 6.87. The van der Waals surface area contributed by atoms with Crippen LogP contribution < -0.4 is 0 Å². The van der Waals surface area contributed by atoms with Crippen LogP contribution in [0.15, 0.2) is 69.0 Å². The Morgan fingerprint density at radius 3 is 2.54 bits per heavy atom. The standard InChI is InChI=1S/C19H23BrN2OS2.C3H6/c1-5-14-11-16(20)19(23)22(18(14)21-13(3)24-4)12-15-9-7-8-10-17(15)25-6-2;1-3-2/h5,7-11,13H,6,12H2,1-4H3;3H,1H2,2H3/b14-5-,21-18+;. The van der Waals surface area contributed by atoms with E-state index in [1.807, 2.05) is 51.3 Å². The van der Waals surface area contributed by atoms with Crippen LogP contribution in [0.25, 0.3) is 0 Å². The van der Waals surface area contributed by atoms with Gasteiger partial charge in [-0.3, -0.25) is 14.7 Å². The van der Waals surface area contributed by atoms with Crippen LogP contribution in [-0.2, 0) is 11.3 Å². The van der Waals surface area contributed by atoms with Crippen molar-refractivity contribution in [3.05, 3.63) is 64.7 Å². The van der Waals surface area contributed by atoms with Crippen molar-refractivity contribution in [2.45, 2.75) is 44.5 Å². The highest BCUT2D eigenvalue weighted by molar-refractivity contribution is 9.12. The SMILES string of the molecule is C/C=C1/C=C(Br)C(=O)N(Cc2ccccc2SCC)/C1=N/C(C)SC.C=CC. The molecule has 0 saturated carbocycles. The molecule has 1 aromatic rings. The molecule has 6 heteroatoms. The molecule has 0 N–H and O–H groups in total. The minimum atomic E-state index is -0.0473. The third-order valence-corrected chi connectivity index (χ3v) is 6.16. The average Bonchev–Trinajstić information content (AvgIpc) is 2.69. The molecule has 0 bridgehead atoms. The lowest BCUT2D eigenvalue weighted by atomic mass is 10.1. The van der Waals surface area contributed by atoms with Crippen molar-refractivity contribution in [3.8, 4) is 0 Å². The van der Waals surface area contributed by atoms with Gasteiger partial charge in [0, 0.05) is 10.5 Å². The van der Waals surface area contributed by atoms with Crippen LogP contribution in [0.2, 0.25) is 0 Å². The average molecular weight is 482 g/mol. The molecular formula is C22H29BrN2OS2. The summed E-state index contributed by atoms with van der Waals surface area (Å²) in [5.74, 6) is 1.70. The maximum absolute atomic E-state index is 12.8. The van der Waals surface area contributed by atoms with E-state index < -0.39 is 0 Å². The summed E-state index contributed by atoms with van der Waals surface area (Å²) in [6.45, 7) is 11.9. The highest BCUT2D eigenvalue weighted by Crippen LogP contribution is 2.29. The van der Waals surface area contributed by atoms with Crippen molar-refractivity contribution in [3.63, 3.8) is 0 Å². The molecule has 1 atom stereocenters. The monoisotopic (exact) mass is 480 g/mol. The van der Waals surface area contributed by atoms with E-state index in [0.717, 1.165) is 22.7 Å². The first kappa shape index (κ1) is 24.8.